The van der Waals surface area contributed by atoms with Crippen LogP contribution in [0.3, 0.4) is 0 Å². The maximum absolute atomic E-state index is 5.93. The molecule has 0 amide bonds. The van der Waals surface area contributed by atoms with E-state index in [-0.39, 0.29) is 29.4 Å². The SMILES string of the molecule is CN=C(NCc1ccc(C)cc1OCCCOC)NCC1(C)COC1.I. The maximum atomic E-state index is 5.93. The standard InChI is InChI=1S/C19H31N3O3.HI/c1-15-6-7-16(17(10-15)25-9-5-8-23-4)11-21-18(20-3)22-12-19(2)13-24-14-19;/h6-7,10H,5,8-9,11-14H2,1-4H3,(H2,20,21,22);1H. The van der Waals surface area contributed by atoms with E-state index >= 15 is 0 Å². The molecule has 0 aromatic heterocycles. The Morgan fingerprint density at radius 2 is 2.04 bits per heavy atom. The Balaban J connectivity index is 0.00000338. The smallest absolute Gasteiger partial charge is 0.191 e. The summed E-state index contributed by atoms with van der Waals surface area (Å²) in [7, 11) is 3.49. The number of aryl methyl sites for hydroxylation is 1. The van der Waals surface area contributed by atoms with E-state index in [9.17, 15) is 0 Å². The van der Waals surface area contributed by atoms with Crippen LogP contribution in [-0.4, -0.2) is 53.1 Å². The number of nitrogens with one attached hydrogen (secondary N) is 2. The summed E-state index contributed by atoms with van der Waals surface area (Å²) >= 11 is 0. The van der Waals surface area contributed by atoms with Crippen LogP contribution in [-0.2, 0) is 16.0 Å². The molecule has 148 valence electrons. The third-order valence-electron chi connectivity index (χ3n) is 4.23. The molecule has 2 rings (SSSR count). The molecule has 1 aromatic carbocycles. The van der Waals surface area contributed by atoms with Crippen molar-refractivity contribution in [3.05, 3.63) is 29.3 Å². The van der Waals surface area contributed by atoms with Crippen molar-refractivity contribution < 1.29 is 14.2 Å². The molecule has 0 saturated carbocycles. The number of aliphatic imine (C=N–C) groups is 1. The molecule has 26 heavy (non-hydrogen) atoms. The average molecular weight is 477 g/mol. The van der Waals surface area contributed by atoms with Crippen molar-refractivity contribution in [2.75, 3.05) is 47.1 Å². The van der Waals surface area contributed by atoms with Crippen molar-refractivity contribution in [3.8, 4) is 5.75 Å². The summed E-state index contributed by atoms with van der Waals surface area (Å²) in [4.78, 5) is 4.29. The molecule has 0 unspecified atom stereocenters. The van der Waals surface area contributed by atoms with E-state index < -0.39 is 0 Å². The van der Waals surface area contributed by atoms with Crippen molar-refractivity contribution in [2.45, 2.75) is 26.8 Å². The molecular weight excluding hydrogens is 445 g/mol. The molecular formula is C19H32IN3O3. The van der Waals surface area contributed by atoms with Gasteiger partial charge in [0.1, 0.15) is 5.75 Å². The molecule has 0 bridgehead atoms. The Labute approximate surface area is 174 Å². The van der Waals surface area contributed by atoms with Crippen LogP contribution >= 0.6 is 24.0 Å². The number of rotatable bonds is 9. The predicted octanol–water partition coefficient (Wildman–Crippen LogP) is 2.73. The highest BCUT2D eigenvalue weighted by atomic mass is 127. The van der Waals surface area contributed by atoms with E-state index in [2.05, 4.69) is 47.7 Å². The molecule has 0 spiro atoms. The monoisotopic (exact) mass is 477 g/mol. The summed E-state index contributed by atoms with van der Waals surface area (Å²) in [5.74, 6) is 1.71. The quantitative estimate of drug-likeness (QED) is 0.248. The lowest BCUT2D eigenvalue weighted by Gasteiger charge is -2.38. The van der Waals surface area contributed by atoms with E-state index in [0.29, 0.717) is 19.8 Å². The van der Waals surface area contributed by atoms with Crippen LogP contribution < -0.4 is 15.4 Å². The van der Waals surface area contributed by atoms with Crippen LogP contribution in [0.15, 0.2) is 23.2 Å². The molecule has 1 heterocycles. The number of halogens is 1. The Bertz CT molecular complexity index is 577. The van der Waals surface area contributed by atoms with Gasteiger partial charge in [0.2, 0.25) is 0 Å². The maximum Gasteiger partial charge on any atom is 0.191 e. The van der Waals surface area contributed by atoms with Crippen LogP contribution in [0.4, 0.5) is 0 Å². The van der Waals surface area contributed by atoms with Gasteiger partial charge in [0.25, 0.3) is 0 Å². The van der Waals surface area contributed by atoms with Gasteiger partial charge in [-0.1, -0.05) is 19.1 Å². The molecule has 1 aliphatic rings. The zero-order chi connectivity index (χ0) is 18.1. The molecule has 1 fully saturated rings. The zero-order valence-electron chi connectivity index (χ0n) is 16.3. The van der Waals surface area contributed by atoms with E-state index in [1.165, 1.54) is 5.56 Å². The van der Waals surface area contributed by atoms with Gasteiger partial charge >= 0.3 is 0 Å². The summed E-state index contributed by atoms with van der Waals surface area (Å²) < 4.78 is 16.3. The van der Waals surface area contributed by atoms with Crippen LogP contribution in [0.25, 0.3) is 0 Å². The molecule has 6 nitrogen and oxygen atoms in total. The van der Waals surface area contributed by atoms with Gasteiger partial charge in [0.15, 0.2) is 5.96 Å². The van der Waals surface area contributed by atoms with Crippen LogP contribution in [0, 0.1) is 12.3 Å². The van der Waals surface area contributed by atoms with Gasteiger partial charge in [0.05, 0.1) is 19.8 Å². The average Bonchev–Trinajstić information content (AvgIpc) is 2.58. The summed E-state index contributed by atoms with van der Waals surface area (Å²) in [6, 6.07) is 6.27. The van der Waals surface area contributed by atoms with Gasteiger partial charge in [-0.25, -0.2) is 0 Å². The lowest BCUT2D eigenvalue weighted by atomic mass is 9.89. The van der Waals surface area contributed by atoms with Crippen molar-refractivity contribution in [1.29, 1.82) is 0 Å². The lowest BCUT2D eigenvalue weighted by molar-refractivity contribution is -0.0971. The summed E-state index contributed by atoms with van der Waals surface area (Å²) in [6.45, 7) is 8.74. The number of hydrogen-bond acceptors (Lipinski definition) is 4. The lowest BCUT2D eigenvalue weighted by Crippen LogP contribution is -2.50. The zero-order valence-corrected chi connectivity index (χ0v) is 18.6. The molecule has 0 aliphatic carbocycles. The Hall–Kier alpha value is -1.06. The minimum Gasteiger partial charge on any atom is -0.493 e. The minimum atomic E-state index is 0. The van der Waals surface area contributed by atoms with Gasteiger partial charge in [-0.05, 0) is 18.6 Å². The van der Waals surface area contributed by atoms with Crippen LogP contribution in [0.5, 0.6) is 5.75 Å². The fraction of sp³-hybridized carbons (Fsp3) is 0.632. The first-order valence-corrected chi connectivity index (χ1v) is 8.80. The highest BCUT2D eigenvalue weighted by Crippen LogP contribution is 2.25. The Morgan fingerprint density at radius 3 is 2.65 bits per heavy atom. The first kappa shape index (κ1) is 23.0. The first-order valence-electron chi connectivity index (χ1n) is 8.80. The Kier molecular flexibility index (Phi) is 10.3. The second kappa shape index (κ2) is 11.6. The fourth-order valence-corrected chi connectivity index (χ4v) is 2.58. The van der Waals surface area contributed by atoms with Crippen molar-refractivity contribution >= 4 is 29.9 Å². The number of methoxy groups -OCH3 is 1. The highest BCUT2D eigenvalue weighted by Gasteiger charge is 2.33. The first-order chi connectivity index (χ1) is 12.1. The summed E-state index contributed by atoms with van der Waals surface area (Å²) in [5.41, 5.74) is 2.51. The predicted molar refractivity (Wildman–Crippen MR) is 116 cm³/mol. The van der Waals surface area contributed by atoms with Gasteiger partial charge < -0.3 is 24.8 Å². The van der Waals surface area contributed by atoms with Crippen molar-refractivity contribution in [1.82, 2.24) is 10.6 Å². The van der Waals surface area contributed by atoms with Gasteiger partial charge in [-0.15, -0.1) is 24.0 Å². The molecule has 2 N–H and O–H groups in total. The molecule has 1 aromatic rings. The molecule has 0 atom stereocenters. The molecule has 1 aliphatic heterocycles. The molecule has 7 heteroatoms. The second-order valence-electron chi connectivity index (χ2n) is 6.89. The topological polar surface area (TPSA) is 64.1 Å². The molecule has 0 radical (unpaired) electrons. The Morgan fingerprint density at radius 1 is 1.27 bits per heavy atom. The van der Waals surface area contributed by atoms with E-state index in [4.69, 9.17) is 14.2 Å². The number of hydrogen-bond donors (Lipinski definition) is 2. The normalized spacial score (nSPS) is 15.6. The number of guanidine groups is 1. The number of benzene rings is 1. The van der Waals surface area contributed by atoms with Crippen molar-refractivity contribution in [3.63, 3.8) is 0 Å². The second-order valence-corrected chi connectivity index (χ2v) is 6.89. The van der Waals surface area contributed by atoms with E-state index in [1.54, 1.807) is 14.2 Å². The molecule has 1 saturated heterocycles. The highest BCUT2D eigenvalue weighted by molar-refractivity contribution is 14.0. The third-order valence-corrected chi connectivity index (χ3v) is 4.23. The van der Waals surface area contributed by atoms with Gasteiger partial charge in [-0.2, -0.15) is 0 Å². The number of nitrogens with zero attached hydrogens (tertiary/aromatic N) is 1. The number of ether oxygens (including phenoxy) is 3. The van der Waals surface area contributed by atoms with Crippen LogP contribution in [0.1, 0.15) is 24.5 Å². The van der Waals surface area contributed by atoms with Crippen molar-refractivity contribution in [2.24, 2.45) is 10.4 Å². The van der Waals surface area contributed by atoms with Gasteiger partial charge in [0, 0.05) is 51.3 Å². The minimum absolute atomic E-state index is 0. The van der Waals surface area contributed by atoms with E-state index in [0.717, 1.165) is 43.5 Å². The van der Waals surface area contributed by atoms with E-state index in [1.807, 2.05) is 0 Å². The summed E-state index contributed by atoms with van der Waals surface area (Å²) in [5, 5.41) is 6.74. The largest absolute Gasteiger partial charge is 0.493 e. The van der Waals surface area contributed by atoms with Gasteiger partial charge in [-0.3, -0.25) is 4.99 Å². The summed E-state index contributed by atoms with van der Waals surface area (Å²) in [6.07, 6.45) is 0.876. The van der Waals surface area contributed by atoms with Crippen LogP contribution in [0.2, 0.25) is 0 Å². The fourth-order valence-electron chi connectivity index (χ4n) is 2.58. The third kappa shape index (κ3) is 7.28.